The summed E-state index contributed by atoms with van der Waals surface area (Å²) in [6, 6.07) is 0. The van der Waals surface area contributed by atoms with Gasteiger partial charge in [0.25, 0.3) is 0 Å². The molecule has 4 nitrogen and oxygen atoms in total. The first-order valence-electron chi connectivity index (χ1n) is 14.1. The smallest absolute Gasteiger partial charge is 0.308 e. The van der Waals surface area contributed by atoms with Crippen molar-refractivity contribution in [1.82, 2.24) is 0 Å². The van der Waals surface area contributed by atoms with Crippen molar-refractivity contribution in [3.8, 4) is 0 Å². The molecule has 32 heavy (non-hydrogen) atoms. The first kappa shape index (κ1) is 31.4. The van der Waals surface area contributed by atoms with E-state index in [9.17, 15) is 9.90 Å². The topological polar surface area (TPSA) is 66.8 Å². The number of unbranched alkanes of at least 4 members (excludes halogenated alkanes) is 16. The van der Waals surface area contributed by atoms with E-state index in [4.69, 9.17) is 9.84 Å². The third kappa shape index (κ3) is 22.6. The molecular weight excluding hydrogens is 400 g/mol. The molecule has 0 aromatic carbocycles. The van der Waals surface area contributed by atoms with Gasteiger partial charge in [-0.3, -0.25) is 4.79 Å². The van der Waals surface area contributed by atoms with E-state index in [1.165, 1.54) is 116 Å². The second-order valence-electron chi connectivity index (χ2n) is 9.82. The molecule has 4 heteroatoms. The Hall–Kier alpha value is -0.610. The number of esters is 1. The molecule has 2 unspecified atom stereocenters. The van der Waals surface area contributed by atoms with Crippen LogP contribution in [0.5, 0.6) is 0 Å². The SMILES string of the molecule is CCCCCCCCCCCCC(CCCCCCCCCC)COC(=O)CC(O)CO. The molecular formula is C28H56O4. The number of carbonyl (C=O) groups is 1. The molecule has 0 aliphatic carbocycles. The minimum absolute atomic E-state index is 0.112. The van der Waals surface area contributed by atoms with Gasteiger partial charge < -0.3 is 14.9 Å². The Morgan fingerprint density at radius 3 is 1.41 bits per heavy atom. The molecule has 0 aliphatic heterocycles. The molecule has 192 valence electrons. The molecule has 0 fully saturated rings. The molecule has 0 amide bonds. The van der Waals surface area contributed by atoms with Crippen LogP contribution in [-0.4, -0.2) is 35.5 Å². The van der Waals surface area contributed by atoms with Gasteiger partial charge in [-0.05, 0) is 18.8 Å². The van der Waals surface area contributed by atoms with Crippen molar-refractivity contribution in [3.63, 3.8) is 0 Å². The van der Waals surface area contributed by atoms with Gasteiger partial charge in [0, 0.05) is 0 Å². The number of hydrogen-bond acceptors (Lipinski definition) is 4. The molecule has 2 atom stereocenters. The largest absolute Gasteiger partial charge is 0.465 e. The van der Waals surface area contributed by atoms with Gasteiger partial charge >= 0.3 is 5.97 Å². The van der Waals surface area contributed by atoms with Gasteiger partial charge in [-0.15, -0.1) is 0 Å². The number of aliphatic hydroxyl groups excluding tert-OH is 2. The molecule has 0 bridgehead atoms. The third-order valence-corrected chi connectivity index (χ3v) is 6.52. The Balaban J connectivity index is 3.99. The second-order valence-corrected chi connectivity index (χ2v) is 9.82. The molecule has 0 radical (unpaired) electrons. The fourth-order valence-electron chi connectivity index (χ4n) is 4.33. The lowest BCUT2D eigenvalue weighted by Crippen LogP contribution is -2.21. The fraction of sp³-hybridized carbons (Fsp3) is 0.964. The lowest BCUT2D eigenvalue weighted by molar-refractivity contribution is -0.148. The van der Waals surface area contributed by atoms with E-state index in [1.54, 1.807) is 0 Å². The predicted octanol–water partition coefficient (Wildman–Crippen LogP) is 7.73. The number of ether oxygens (including phenoxy) is 1. The Morgan fingerprint density at radius 1 is 0.656 bits per heavy atom. The van der Waals surface area contributed by atoms with Crippen LogP contribution in [-0.2, 0) is 9.53 Å². The van der Waals surface area contributed by atoms with E-state index in [-0.39, 0.29) is 6.42 Å². The predicted molar refractivity (Wildman–Crippen MR) is 136 cm³/mol. The van der Waals surface area contributed by atoms with Crippen molar-refractivity contribution in [2.24, 2.45) is 5.92 Å². The Morgan fingerprint density at radius 2 is 1.03 bits per heavy atom. The van der Waals surface area contributed by atoms with Crippen LogP contribution in [0.4, 0.5) is 0 Å². The summed E-state index contributed by atoms with van der Waals surface area (Å²) in [5.74, 6) is 0.0369. The summed E-state index contributed by atoms with van der Waals surface area (Å²) < 4.78 is 5.43. The summed E-state index contributed by atoms with van der Waals surface area (Å²) in [6.45, 7) is 4.59. The standard InChI is InChI=1S/C28H56O4/c1-3-5-7-9-11-13-14-16-18-20-22-26(25-32-28(31)23-27(30)24-29)21-19-17-15-12-10-8-6-4-2/h26-27,29-30H,3-25H2,1-2H3. The normalized spacial score (nSPS) is 13.2. The molecule has 0 heterocycles. The molecule has 0 aromatic heterocycles. The highest BCUT2D eigenvalue weighted by atomic mass is 16.5. The van der Waals surface area contributed by atoms with Crippen LogP contribution < -0.4 is 0 Å². The summed E-state index contributed by atoms with van der Waals surface area (Å²) in [5, 5.41) is 18.3. The van der Waals surface area contributed by atoms with Crippen LogP contribution in [0.25, 0.3) is 0 Å². The molecule has 0 spiro atoms. The van der Waals surface area contributed by atoms with Gasteiger partial charge in [0.2, 0.25) is 0 Å². The van der Waals surface area contributed by atoms with Crippen LogP contribution in [0, 0.1) is 5.92 Å². The summed E-state index contributed by atoms with van der Waals surface area (Å²) in [4.78, 5) is 11.9. The van der Waals surface area contributed by atoms with E-state index >= 15 is 0 Å². The minimum atomic E-state index is -1.00. The van der Waals surface area contributed by atoms with Crippen molar-refractivity contribution in [2.75, 3.05) is 13.2 Å². The third-order valence-electron chi connectivity index (χ3n) is 6.52. The van der Waals surface area contributed by atoms with Crippen molar-refractivity contribution < 1.29 is 19.7 Å². The van der Waals surface area contributed by atoms with Crippen molar-refractivity contribution in [3.05, 3.63) is 0 Å². The maximum atomic E-state index is 11.9. The first-order chi connectivity index (χ1) is 15.6. The zero-order valence-electron chi connectivity index (χ0n) is 21.6. The van der Waals surface area contributed by atoms with Gasteiger partial charge in [-0.25, -0.2) is 0 Å². The van der Waals surface area contributed by atoms with E-state index in [0.29, 0.717) is 12.5 Å². The average molecular weight is 457 g/mol. The van der Waals surface area contributed by atoms with Crippen LogP contribution in [0.15, 0.2) is 0 Å². The highest BCUT2D eigenvalue weighted by molar-refractivity contribution is 5.69. The molecule has 0 aliphatic rings. The van der Waals surface area contributed by atoms with Gasteiger partial charge in [0.15, 0.2) is 0 Å². The van der Waals surface area contributed by atoms with Crippen molar-refractivity contribution in [1.29, 1.82) is 0 Å². The van der Waals surface area contributed by atoms with E-state index in [0.717, 1.165) is 12.8 Å². The number of aliphatic hydroxyl groups is 2. The maximum absolute atomic E-state index is 11.9. The molecule has 2 N–H and O–H groups in total. The van der Waals surface area contributed by atoms with Crippen molar-refractivity contribution in [2.45, 2.75) is 155 Å². The van der Waals surface area contributed by atoms with Gasteiger partial charge in [-0.1, -0.05) is 129 Å². The lowest BCUT2D eigenvalue weighted by atomic mass is 9.94. The maximum Gasteiger partial charge on any atom is 0.308 e. The summed E-state index contributed by atoms with van der Waals surface area (Å²) in [7, 11) is 0. The molecule has 0 saturated carbocycles. The first-order valence-corrected chi connectivity index (χ1v) is 14.1. The van der Waals surface area contributed by atoms with Gasteiger partial charge in [-0.2, -0.15) is 0 Å². The van der Waals surface area contributed by atoms with Gasteiger partial charge in [0.05, 0.1) is 25.7 Å². The minimum Gasteiger partial charge on any atom is -0.465 e. The highest BCUT2D eigenvalue weighted by Gasteiger charge is 2.15. The summed E-state index contributed by atoms with van der Waals surface area (Å²) in [5.41, 5.74) is 0. The molecule has 0 saturated heterocycles. The van der Waals surface area contributed by atoms with Gasteiger partial charge in [0.1, 0.15) is 0 Å². The molecule has 0 rings (SSSR count). The average Bonchev–Trinajstić information content (AvgIpc) is 2.79. The van der Waals surface area contributed by atoms with Crippen LogP contribution in [0.1, 0.15) is 149 Å². The second kappa shape index (κ2) is 25.0. The Labute approximate surface area is 199 Å². The number of carbonyl (C=O) groups excluding carboxylic acids is 1. The zero-order chi connectivity index (χ0) is 23.7. The quantitative estimate of drug-likeness (QED) is 0.109. The highest BCUT2D eigenvalue weighted by Crippen LogP contribution is 2.20. The fourth-order valence-corrected chi connectivity index (χ4v) is 4.33. The van der Waals surface area contributed by atoms with Crippen LogP contribution in [0.3, 0.4) is 0 Å². The number of hydrogen-bond donors (Lipinski definition) is 2. The Bertz CT molecular complexity index is 386. The van der Waals surface area contributed by atoms with E-state index in [1.807, 2.05) is 0 Å². The monoisotopic (exact) mass is 456 g/mol. The van der Waals surface area contributed by atoms with Crippen LogP contribution >= 0.6 is 0 Å². The summed E-state index contributed by atoms with van der Waals surface area (Å²) in [6.07, 6.45) is 25.1. The van der Waals surface area contributed by atoms with Crippen molar-refractivity contribution >= 4 is 5.97 Å². The zero-order valence-corrected chi connectivity index (χ0v) is 21.6. The van der Waals surface area contributed by atoms with Crippen LogP contribution in [0.2, 0.25) is 0 Å². The lowest BCUT2D eigenvalue weighted by Gasteiger charge is -2.18. The number of rotatable bonds is 25. The summed E-state index contributed by atoms with van der Waals surface area (Å²) >= 11 is 0. The van der Waals surface area contributed by atoms with E-state index < -0.39 is 18.7 Å². The Kier molecular flexibility index (Phi) is 24.5. The van der Waals surface area contributed by atoms with E-state index in [2.05, 4.69) is 13.8 Å². The molecule has 0 aromatic rings.